The second-order valence-corrected chi connectivity index (χ2v) is 7.85. The molecule has 2 aromatic rings. The number of ether oxygens (including phenoxy) is 1. The number of rotatable bonds is 5. The molecule has 0 saturated heterocycles. The average Bonchev–Trinajstić information content (AvgIpc) is 2.56. The number of carbonyl (C=O) groups excluding carboxylic acids is 2. The Morgan fingerprint density at radius 2 is 1.85 bits per heavy atom. The maximum Gasteiger partial charge on any atom is 0.340 e. The summed E-state index contributed by atoms with van der Waals surface area (Å²) in [5.74, 6) is -2.36. The Kier molecular flexibility index (Phi) is 5.99. The number of benzene rings is 2. The summed E-state index contributed by atoms with van der Waals surface area (Å²) in [6.07, 6.45) is -0.282. The zero-order chi connectivity index (χ0) is 19.5. The summed E-state index contributed by atoms with van der Waals surface area (Å²) in [5, 5.41) is 2.27. The van der Waals surface area contributed by atoms with Crippen LogP contribution in [0, 0.1) is 5.82 Å². The van der Waals surface area contributed by atoms with Gasteiger partial charge in [-0.05, 0) is 37.3 Å². The van der Waals surface area contributed by atoms with E-state index in [1.54, 1.807) is 0 Å². The molecule has 6 nitrogen and oxygen atoms in total. The normalized spacial score (nSPS) is 12.3. The number of anilines is 1. The van der Waals surface area contributed by atoms with Gasteiger partial charge in [0.15, 0.2) is 15.9 Å². The van der Waals surface area contributed by atoms with Crippen molar-refractivity contribution < 1.29 is 27.1 Å². The summed E-state index contributed by atoms with van der Waals surface area (Å²) in [7, 11) is -3.55. The molecular weight excluding hydrogens is 385 g/mol. The van der Waals surface area contributed by atoms with Crippen LogP contribution in [0.4, 0.5) is 10.1 Å². The Morgan fingerprint density at radius 3 is 2.46 bits per heavy atom. The van der Waals surface area contributed by atoms with Gasteiger partial charge in [0.25, 0.3) is 5.91 Å². The average molecular weight is 400 g/mol. The quantitative estimate of drug-likeness (QED) is 0.780. The van der Waals surface area contributed by atoms with E-state index in [2.05, 4.69) is 5.32 Å². The van der Waals surface area contributed by atoms with E-state index < -0.39 is 33.6 Å². The molecule has 0 aromatic heterocycles. The number of esters is 1. The minimum Gasteiger partial charge on any atom is -0.449 e. The summed E-state index contributed by atoms with van der Waals surface area (Å²) >= 11 is 5.91. The van der Waals surface area contributed by atoms with Gasteiger partial charge in [0.2, 0.25) is 0 Å². The maximum absolute atomic E-state index is 13.6. The van der Waals surface area contributed by atoms with Gasteiger partial charge in [0.05, 0.1) is 21.2 Å². The molecule has 0 aliphatic heterocycles. The van der Waals surface area contributed by atoms with E-state index in [-0.39, 0.29) is 21.2 Å². The molecule has 0 spiro atoms. The standard InChI is InChI=1S/C17H15ClFNO5S/c1-10(16(21)20-15-6-4-3-5-14(15)19)25-17(22)12-9-11(26(2,23)24)7-8-13(12)18/h3-10H,1-2H3,(H,20,21)/t10-/m1/s1. The molecule has 2 rings (SSSR count). The van der Waals surface area contributed by atoms with Crippen molar-refractivity contribution >= 4 is 39.0 Å². The van der Waals surface area contributed by atoms with Gasteiger partial charge in [-0.1, -0.05) is 23.7 Å². The van der Waals surface area contributed by atoms with Crippen molar-refractivity contribution in [2.45, 2.75) is 17.9 Å². The number of hydrogen-bond donors (Lipinski definition) is 1. The smallest absolute Gasteiger partial charge is 0.340 e. The number of hydrogen-bond acceptors (Lipinski definition) is 5. The van der Waals surface area contributed by atoms with Gasteiger partial charge in [-0.3, -0.25) is 4.79 Å². The van der Waals surface area contributed by atoms with E-state index in [1.807, 2.05) is 0 Å². The number of para-hydroxylation sites is 1. The lowest BCUT2D eigenvalue weighted by atomic mass is 10.2. The van der Waals surface area contributed by atoms with Crippen LogP contribution in [0.1, 0.15) is 17.3 Å². The number of amides is 1. The first-order chi connectivity index (χ1) is 12.1. The molecule has 0 heterocycles. The highest BCUT2D eigenvalue weighted by atomic mass is 35.5. The Labute approximate surface area is 154 Å². The molecule has 138 valence electrons. The molecule has 0 fully saturated rings. The van der Waals surface area contributed by atoms with Crippen molar-refractivity contribution in [2.75, 3.05) is 11.6 Å². The third-order valence-corrected chi connectivity index (χ3v) is 4.81. The molecule has 0 unspecified atom stereocenters. The van der Waals surface area contributed by atoms with Crippen molar-refractivity contribution in [2.24, 2.45) is 0 Å². The van der Waals surface area contributed by atoms with Crippen LogP contribution in [0.15, 0.2) is 47.4 Å². The number of sulfone groups is 1. The third kappa shape index (κ3) is 4.80. The van der Waals surface area contributed by atoms with Crippen molar-refractivity contribution in [3.63, 3.8) is 0 Å². The van der Waals surface area contributed by atoms with Crippen LogP contribution in [-0.2, 0) is 19.4 Å². The van der Waals surface area contributed by atoms with Gasteiger partial charge < -0.3 is 10.1 Å². The summed E-state index contributed by atoms with van der Waals surface area (Å²) in [6, 6.07) is 9.09. The van der Waals surface area contributed by atoms with E-state index in [0.29, 0.717) is 0 Å². The van der Waals surface area contributed by atoms with E-state index >= 15 is 0 Å². The lowest BCUT2D eigenvalue weighted by Crippen LogP contribution is -2.30. The minimum atomic E-state index is -3.55. The first-order valence-electron chi connectivity index (χ1n) is 7.35. The minimum absolute atomic E-state index is 0.0240. The van der Waals surface area contributed by atoms with Gasteiger partial charge in [0, 0.05) is 6.26 Å². The number of nitrogens with one attached hydrogen (secondary N) is 1. The van der Waals surface area contributed by atoms with Gasteiger partial charge >= 0.3 is 5.97 Å². The highest BCUT2D eigenvalue weighted by Gasteiger charge is 2.22. The Balaban J connectivity index is 2.14. The topological polar surface area (TPSA) is 89.5 Å². The molecule has 0 aliphatic carbocycles. The number of halogens is 2. The van der Waals surface area contributed by atoms with Gasteiger partial charge in [-0.2, -0.15) is 0 Å². The second-order valence-electron chi connectivity index (χ2n) is 5.43. The first-order valence-corrected chi connectivity index (χ1v) is 9.62. The monoisotopic (exact) mass is 399 g/mol. The van der Waals surface area contributed by atoms with Gasteiger partial charge in [-0.25, -0.2) is 17.6 Å². The largest absolute Gasteiger partial charge is 0.449 e. The molecule has 1 amide bonds. The second kappa shape index (κ2) is 7.84. The molecule has 1 atom stereocenters. The van der Waals surface area contributed by atoms with Gasteiger partial charge in [-0.15, -0.1) is 0 Å². The van der Waals surface area contributed by atoms with Crippen LogP contribution in [0.5, 0.6) is 0 Å². The maximum atomic E-state index is 13.6. The molecule has 2 aromatic carbocycles. The van der Waals surface area contributed by atoms with Crippen LogP contribution in [0.2, 0.25) is 5.02 Å². The summed E-state index contributed by atoms with van der Waals surface area (Å²) in [4.78, 5) is 24.2. The Hall–Kier alpha value is -2.45. The fraction of sp³-hybridized carbons (Fsp3) is 0.176. The Morgan fingerprint density at radius 1 is 1.19 bits per heavy atom. The predicted molar refractivity (Wildman–Crippen MR) is 94.5 cm³/mol. The molecular formula is C17H15ClFNO5S. The predicted octanol–water partition coefficient (Wildman–Crippen LogP) is 3.07. The lowest BCUT2D eigenvalue weighted by Gasteiger charge is -2.14. The van der Waals surface area contributed by atoms with E-state index in [0.717, 1.165) is 12.3 Å². The van der Waals surface area contributed by atoms with E-state index in [9.17, 15) is 22.4 Å². The SMILES string of the molecule is C[C@@H](OC(=O)c1cc(S(C)(=O)=O)ccc1Cl)C(=O)Nc1ccccc1F. The lowest BCUT2D eigenvalue weighted by molar-refractivity contribution is -0.123. The van der Waals surface area contributed by atoms with Crippen LogP contribution < -0.4 is 5.32 Å². The molecule has 0 radical (unpaired) electrons. The van der Waals surface area contributed by atoms with Crippen molar-refractivity contribution in [1.82, 2.24) is 0 Å². The molecule has 0 aliphatic rings. The zero-order valence-corrected chi connectivity index (χ0v) is 15.4. The molecule has 26 heavy (non-hydrogen) atoms. The summed E-state index contributed by atoms with van der Waals surface area (Å²) in [6.45, 7) is 1.29. The zero-order valence-electron chi connectivity index (χ0n) is 13.8. The van der Waals surface area contributed by atoms with Crippen molar-refractivity contribution in [3.05, 3.63) is 58.9 Å². The Bertz CT molecular complexity index is 961. The molecule has 1 N–H and O–H groups in total. The first kappa shape index (κ1) is 19.9. The molecule has 0 saturated carbocycles. The molecule has 0 bridgehead atoms. The molecule has 9 heteroatoms. The highest BCUT2D eigenvalue weighted by Crippen LogP contribution is 2.22. The van der Waals surface area contributed by atoms with Crippen LogP contribution in [0.3, 0.4) is 0 Å². The fourth-order valence-electron chi connectivity index (χ4n) is 1.97. The van der Waals surface area contributed by atoms with Crippen LogP contribution in [-0.4, -0.2) is 32.7 Å². The number of carbonyl (C=O) groups is 2. The highest BCUT2D eigenvalue weighted by molar-refractivity contribution is 7.90. The van der Waals surface area contributed by atoms with Crippen molar-refractivity contribution in [3.8, 4) is 0 Å². The van der Waals surface area contributed by atoms with Crippen LogP contribution >= 0.6 is 11.6 Å². The van der Waals surface area contributed by atoms with Crippen molar-refractivity contribution in [1.29, 1.82) is 0 Å². The van der Waals surface area contributed by atoms with Crippen LogP contribution in [0.25, 0.3) is 0 Å². The third-order valence-electron chi connectivity index (χ3n) is 3.37. The van der Waals surface area contributed by atoms with Gasteiger partial charge in [0.1, 0.15) is 5.82 Å². The summed E-state index contributed by atoms with van der Waals surface area (Å²) < 4.78 is 41.7. The fourth-order valence-corrected chi connectivity index (χ4v) is 2.81. The van der Waals surface area contributed by atoms with E-state index in [1.165, 1.54) is 43.3 Å². The van der Waals surface area contributed by atoms with E-state index in [4.69, 9.17) is 16.3 Å². The summed E-state index contributed by atoms with van der Waals surface area (Å²) in [5.41, 5.74) is -0.252.